The predicted octanol–water partition coefficient (Wildman–Crippen LogP) is 7.79. The first-order chi connectivity index (χ1) is 16.8. The highest BCUT2D eigenvalue weighted by Crippen LogP contribution is 2.35. The van der Waals surface area contributed by atoms with E-state index in [2.05, 4.69) is 114 Å². The van der Waals surface area contributed by atoms with Crippen molar-refractivity contribution < 1.29 is 0 Å². The Balaban J connectivity index is 1.44. The molecular weight excluding hydrogens is 414 g/mol. The monoisotopic (exact) mass is 435 g/mol. The van der Waals surface area contributed by atoms with E-state index in [1.807, 2.05) is 22.9 Å². The molecule has 7 aromatic rings. The average molecular weight is 436 g/mol. The lowest BCUT2D eigenvalue weighted by Crippen LogP contribution is -1.94. The van der Waals surface area contributed by atoms with Gasteiger partial charge in [-0.3, -0.25) is 0 Å². The highest BCUT2D eigenvalue weighted by atomic mass is 15.3. The van der Waals surface area contributed by atoms with Gasteiger partial charge in [0.1, 0.15) is 0 Å². The third-order valence-electron chi connectivity index (χ3n) is 6.55. The quantitative estimate of drug-likeness (QED) is 0.278. The van der Waals surface area contributed by atoms with Crippen molar-refractivity contribution in [1.82, 2.24) is 14.3 Å². The van der Waals surface area contributed by atoms with Crippen LogP contribution in [0.4, 0.5) is 0 Å². The molecule has 160 valence electrons. The summed E-state index contributed by atoms with van der Waals surface area (Å²) in [6, 6.07) is 42.7. The number of aromatic nitrogens is 3. The standard InChI is InChI=1S/C31H21N3/c1-3-9-22(10-4-1)23-15-17-26(18-16-23)34-30-14-8-7-13-27(30)28-19-24-21-33(25-11-5-2-6-12-25)32-29(24)20-31(28)34/h1-21H. The molecule has 3 nitrogen and oxygen atoms in total. The summed E-state index contributed by atoms with van der Waals surface area (Å²) >= 11 is 0. The zero-order chi connectivity index (χ0) is 22.5. The van der Waals surface area contributed by atoms with Crippen LogP contribution in [0.1, 0.15) is 0 Å². The molecule has 0 bridgehead atoms. The maximum absolute atomic E-state index is 4.90. The fourth-order valence-corrected chi connectivity index (χ4v) is 4.91. The Morgan fingerprint density at radius 1 is 0.500 bits per heavy atom. The summed E-state index contributed by atoms with van der Waals surface area (Å²) in [7, 11) is 0. The first-order valence-corrected chi connectivity index (χ1v) is 11.5. The van der Waals surface area contributed by atoms with Gasteiger partial charge in [0.15, 0.2) is 0 Å². The van der Waals surface area contributed by atoms with Crippen molar-refractivity contribution in [2.75, 3.05) is 0 Å². The molecule has 0 atom stereocenters. The van der Waals surface area contributed by atoms with Crippen LogP contribution in [-0.2, 0) is 0 Å². The van der Waals surface area contributed by atoms with Crippen LogP contribution in [-0.4, -0.2) is 14.3 Å². The Kier molecular flexibility index (Phi) is 4.15. The smallest absolute Gasteiger partial charge is 0.0949 e. The fraction of sp³-hybridized carbons (Fsp3) is 0. The molecule has 2 aromatic heterocycles. The van der Waals surface area contributed by atoms with Crippen molar-refractivity contribution in [3.8, 4) is 22.5 Å². The molecule has 7 rings (SSSR count). The van der Waals surface area contributed by atoms with Gasteiger partial charge in [0.05, 0.1) is 22.2 Å². The molecule has 0 aliphatic heterocycles. The van der Waals surface area contributed by atoms with E-state index < -0.39 is 0 Å². The molecule has 0 N–H and O–H groups in total. The zero-order valence-corrected chi connectivity index (χ0v) is 18.5. The van der Waals surface area contributed by atoms with Crippen LogP contribution >= 0.6 is 0 Å². The van der Waals surface area contributed by atoms with Crippen LogP contribution in [0.15, 0.2) is 128 Å². The van der Waals surface area contributed by atoms with E-state index in [1.54, 1.807) is 0 Å². The van der Waals surface area contributed by atoms with Crippen molar-refractivity contribution in [2.24, 2.45) is 0 Å². The van der Waals surface area contributed by atoms with Crippen LogP contribution in [0, 0.1) is 0 Å². The van der Waals surface area contributed by atoms with E-state index in [9.17, 15) is 0 Å². The Morgan fingerprint density at radius 2 is 1.18 bits per heavy atom. The first-order valence-electron chi connectivity index (χ1n) is 11.5. The van der Waals surface area contributed by atoms with E-state index in [4.69, 9.17) is 5.10 Å². The van der Waals surface area contributed by atoms with Gasteiger partial charge in [-0.2, -0.15) is 5.10 Å². The maximum atomic E-state index is 4.90. The van der Waals surface area contributed by atoms with E-state index >= 15 is 0 Å². The average Bonchev–Trinajstić information content (AvgIpc) is 3.47. The van der Waals surface area contributed by atoms with Gasteiger partial charge in [-0.05, 0) is 53.6 Å². The third-order valence-corrected chi connectivity index (χ3v) is 6.55. The van der Waals surface area contributed by atoms with E-state index in [1.165, 1.54) is 32.9 Å². The molecule has 0 aliphatic rings. The molecule has 3 heteroatoms. The second-order valence-corrected chi connectivity index (χ2v) is 8.60. The molecule has 0 unspecified atom stereocenters. The molecule has 0 saturated carbocycles. The minimum Gasteiger partial charge on any atom is -0.309 e. The topological polar surface area (TPSA) is 22.8 Å². The molecule has 0 aliphatic carbocycles. The number of hydrogen-bond donors (Lipinski definition) is 0. The second-order valence-electron chi connectivity index (χ2n) is 8.60. The highest BCUT2D eigenvalue weighted by Gasteiger charge is 2.15. The Bertz CT molecular complexity index is 1770. The lowest BCUT2D eigenvalue weighted by molar-refractivity contribution is 0.896. The van der Waals surface area contributed by atoms with Crippen molar-refractivity contribution in [2.45, 2.75) is 0 Å². The molecule has 34 heavy (non-hydrogen) atoms. The minimum absolute atomic E-state index is 0.987. The van der Waals surface area contributed by atoms with E-state index in [0.717, 1.165) is 22.3 Å². The summed E-state index contributed by atoms with van der Waals surface area (Å²) in [6.07, 6.45) is 2.12. The Hall–Kier alpha value is -4.63. The van der Waals surface area contributed by atoms with Gasteiger partial charge in [-0.25, -0.2) is 4.68 Å². The summed E-state index contributed by atoms with van der Waals surface area (Å²) in [5.74, 6) is 0. The zero-order valence-electron chi connectivity index (χ0n) is 18.5. The van der Waals surface area contributed by atoms with Gasteiger partial charge in [-0.1, -0.05) is 78.9 Å². The van der Waals surface area contributed by atoms with Crippen molar-refractivity contribution in [3.63, 3.8) is 0 Å². The molecule has 0 fully saturated rings. The molecular formula is C31H21N3. The van der Waals surface area contributed by atoms with Gasteiger partial charge >= 0.3 is 0 Å². The van der Waals surface area contributed by atoms with Gasteiger partial charge in [0.2, 0.25) is 0 Å². The van der Waals surface area contributed by atoms with Gasteiger partial charge in [0.25, 0.3) is 0 Å². The number of benzene rings is 5. The van der Waals surface area contributed by atoms with Gasteiger partial charge in [-0.15, -0.1) is 0 Å². The first kappa shape index (κ1) is 18.9. The lowest BCUT2D eigenvalue weighted by Gasteiger charge is -2.09. The van der Waals surface area contributed by atoms with E-state index in [-0.39, 0.29) is 0 Å². The summed E-state index contributed by atoms with van der Waals surface area (Å²) < 4.78 is 4.31. The molecule has 0 radical (unpaired) electrons. The SMILES string of the molecule is c1ccc(-c2ccc(-n3c4ccccc4c4cc5cn(-c6ccccc6)nc5cc43)cc2)cc1. The fourth-order valence-electron chi connectivity index (χ4n) is 4.91. The summed E-state index contributed by atoms with van der Waals surface area (Å²) in [4.78, 5) is 0. The summed E-state index contributed by atoms with van der Waals surface area (Å²) in [5.41, 5.74) is 8.01. The lowest BCUT2D eigenvalue weighted by atomic mass is 10.1. The summed E-state index contributed by atoms with van der Waals surface area (Å²) in [6.45, 7) is 0. The normalized spacial score (nSPS) is 11.5. The number of rotatable bonds is 3. The largest absolute Gasteiger partial charge is 0.309 e. The molecule has 0 amide bonds. The number of fused-ring (bicyclic) bond motifs is 4. The minimum atomic E-state index is 0.987. The van der Waals surface area contributed by atoms with Crippen LogP contribution in [0.2, 0.25) is 0 Å². The number of para-hydroxylation sites is 2. The molecule has 5 aromatic carbocycles. The van der Waals surface area contributed by atoms with Gasteiger partial charge < -0.3 is 4.57 Å². The van der Waals surface area contributed by atoms with Crippen LogP contribution in [0.3, 0.4) is 0 Å². The highest BCUT2D eigenvalue weighted by molar-refractivity contribution is 6.13. The Morgan fingerprint density at radius 3 is 1.97 bits per heavy atom. The molecule has 0 spiro atoms. The third kappa shape index (κ3) is 2.95. The predicted molar refractivity (Wildman–Crippen MR) is 141 cm³/mol. The maximum Gasteiger partial charge on any atom is 0.0949 e. The van der Waals surface area contributed by atoms with Crippen LogP contribution in [0.25, 0.3) is 55.2 Å². The Labute approximate surface area is 197 Å². The molecule has 2 heterocycles. The molecule has 0 saturated heterocycles. The number of hydrogen-bond acceptors (Lipinski definition) is 1. The van der Waals surface area contributed by atoms with Crippen molar-refractivity contribution in [3.05, 3.63) is 128 Å². The summed E-state index contributed by atoms with van der Waals surface area (Å²) in [5, 5.41) is 8.52. The van der Waals surface area contributed by atoms with Crippen molar-refractivity contribution in [1.29, 1.82) is 0 Å². The van der Waals surface area contributed by atoms with Crippen LogP contribution < -0.4 is 0 Å². The van der Waals surface area contributed by atoms with Crippen LogP contribution in [0.5, 0.6) is 0 Å². The number of nitrogens with zero attached hydrogens (tertiary/aromatic N) is 3. The van der Waals surface area contributed by atoms with Gasteiger partial charge in [0, 0.05) is 28.0 Å². The second kappa shape index (κ2) is 7.46. The van der Waals surface area contributed by atoms with E-state index in [0.29, 0.717) is 0 Å². The van der Waals surface area contributed by atoms with Crippen molar-refractivity contribution >= 4 is 32.7 Å².